The van der Waals surface area contributed by atoms with E-state index in [0.717, 1.165) is 0 Å². The monoisotopic (exact) mass is 298 g/mol. The predicted molar refractivity (Wildman–Crippen MR) is 76.9 cm³/mol. The molecular formula is C15H22O6. The first kappa shape index (κ1) is 17.4. The number of hydrogen-bond donors (Lipinski definition) is 2. The minimum atomic E-state index is -1.00. The molecule has 1 rings (SSSR count). The fourth-order valence-electron chi connectivity index (χ4n) is 1.79. The van der Waals surface area contributed by atoms with Gasteiger partial charge >= 0.3 is 5.97 Å². The number of hydrogen-bond acceptors (Lipinski definition) is 5. The van der Waals surface area contributed by atoms with Gasteiger partial charge in [0.2, 0.25) is 0 Å². The number of aliphatic hydroxyl groups excluding tert-OH is 1. The lowest BCUT2D eigenvalue weighted by atomic mass is 10.1. The van der Waals surface area contributed by atoms with E-state index in [-0.39, 0.29) is 24.9 Å². The van der Waals surface area contributed by atoms with Gasteiger partial charge in [0.1, 0.15) is 18.5 Å². The molecule has 118 valence electrons. The molecule has 0 radical (unpaired) electrons. The highest BCUT2D eigenvalue weighted by atomic mass is 16.5. The summed E-state index contributed by atoms with van der Waals surface area (Å²) in [7, 11) is 1.58. The van der Waals surface area contributed by atoms with Crippen LogP contribution < -0.4 is 4.74 Å². The molecule has 0 aliphatic carbocycles. The number of benzene rings is 1. The van der Waals surface area contributed by atoms with Gasteiger partial charge in [-0.25, -0.2) is 4.79 Å². The van der Waals surface area contributed by atoms with E-state index >= 15 is 0 Å². The smallest absolute Gasteiger partial charge is 0.336 e. The zero-order valence-electron chi connectivity index (χ0n) is 12.5. The Hall–Kier alpha value is -1.63. The molecule has 6 heteroatoms. The van der Waals surface area contributed by atoms with E-state index < -0.39 is 12.1 Å². The number of carboxylic acids is 1. The first-order valence-electron chi connectivity index (χ1n) is 6.70. The molecule has 0 saturated heterocycles. The summed E-state index contributed by atoms with van der Waals surface area (Å²) in [5.74, 6) is -0.561. The van der Waals surface area contributed by atoms with Crippen molar-refractivity contribution in [3.63, 3.8) is 0 Å². The summed E-state index contributed by atoms with van der Waals surface area (Å²) in [5, 5.41) is 18.8. The molecule has 2 N–H and O–H groups in total. The number of aromatic carboxylic acids is 1. The largest absolute Gasteiger partial charge is 0.491 e. The Bertz CT molecular complexity index is 459. The lowest BCUT2D eigenvalue weighted by Crippen LogP contribution is -2.27. The third kappa shape index (κ3) is 5.71. The molecule has 2 atom stereocenters. The third-order valence-corrected chi connectivity index (χ3v) is 2.92. The van der Waals surface area contributed by atoms with Gasteiger partial charge in [-0.1, -0.05) is 6.07 Å². The van der Waals surface area contributed by atoms with Crippen LogP contribution in [0.15, 0.2) is 18.2 Å². The minimum Gasteiger partial charge on any atom is -0.491 e. The summed E-state index contributed by atoms with van der Waals surface area (Å²) < 4.78 is 15.8. The van der Waals surface area contributed by atoms with Crippen LogP contribution in [0.4, 0.5) is 0 Å². The molecule has 0 bridgehead atoms. The average molecular weight is 298 g/mol. The Morgan fingerprint density at radius 1 is 1.29 bits per heavy atom. The molecule has 6 nitrogen and oxygen atoms in total. The fraction of sp³-hybridized carbons (Fsp3) is 0.533. The Kier molecular flexibility index (Phi) is 7.14. The number of carboxylic acid groups (broad SMARTS) is 1. The van der Waals surface area contributed by atoms with Crippen LogP contribution >= 0.6 is 0 Å². The van der Waals surface area contributed by atoms with Crippen LogP contribution in [0.2, 0.25) is 0 Å². The molecule has 0 saturated carbocycles. The summed E-state index contributed by atoms with van der Waals surface area (Å²) in [4.78, 5) is 11.0. The molecule has 1 aromatic rings. The van der Waals surface area contributed by atoms with Gasteiger partial charge in [0.25, 0.3) is 0 Å². The summed E-state index contributed by atoms with van der Waals surface area (Å²) in [6.45, 7) is 4.12. The molecule has 1 aromatic carbocycles. The van der Waals surface area contributed by atoms with Crippen molar-refractivity contribution in [3.05, 3.63) is 29.3 Å². The normalized spacial score (nSPS) is 13.7. The number of ether oxygens (including phenoxy) is 3. The maximum Gasteiger partial charge on any atom is 0.336 e. The molecule has 0 amide bonds. The van der Waals surface area contributed by atoms with Crippen molar-refractivity contribution >= 4 is 5.97 Å². The molecule has 0 aliphatic heterocycles. The van der Waals surface area contributed by atoms with Crippen molar-refractivity contribution < 1.29 is 29.2 Å². The summed E-state index contributed by atoms with van der Waals surface area (Å²) in [6.07, 6.45) is -0.904. The van der Waals surface area contributed by atoms with Crippen molar-refractivity contribution in [2.45, 2.75) is 26.1 Å². The zero-order chi connectivity index (χ0) is 15.8. The van der Waals surface area contributed by atoms with E-state index in [1.165, 1.54) is 6.07 Å². The van der Waals surface area contributed by atoms with E-state index in [1.807, 2.05) is 6.92 Å². The molecule has 21 heavy (non-hydrogen) atoms. The van der Waals surface area contributed by atoms with Crippen molar-refractivity contribution in [2.75, 3.05) is 26.9 Å². The predicted octanol–water partition coefficient (Wildman–Crippen LogP) is 1.48. The molecule has 0 heterocycles. The van der Waals surface area contributed by atoms with Gasteiger partial charge < -0.3 is 24.4 Å². The van der Waals surface area contributed by atoms with E-state index in [2.05, 4.69) is 0 Å². The Morgan fingerprint density at radius 3 is 2.62 bits per heavy atom. The number of methoxy groups -OCH3 is 1. The first-order valence-corrected chi connectivity index (χ1v) is 6.70. The maximum absolute atomic E-state index is 11.0. The van der Waals surface area contributed by atoms with Gasteiger partial charge in [0.15, 0.2) is 0 Å². The van der Waals surface area contributed by atoms with Crippen LogP contribution in [-0.4, -0.2) is 55.3 Å². The highest BCUT2D eigenvalue weighted by Crippen LogP contribution is 2.21. The summed E-state index contributed by atoms with van der Waals surface area (Å²) in [6, 6.07) is 4.79. The van der Waals surface area contributed by atoms with Gasteiger partial charge in [0.05, 0.1) is 24.9 Å². The highest BCUT2D eigenvalue weighted by molar-refractivity contribution is 5.90. The molecule has 2 unspecified atom stereocenters. The van der Waals surface area contributed by atoms with Crippen LogP contribution in [0.5, 0.6) is 5.75 Å². The van der Waals surface area contributed by atoms with Crippen molar-refractivity contribution in [2.24, 2.45) is 0 Å². The zero-order valence-corrected chi connectivity index (χ0v) is 12.5. The summed E-state index contributed by atoms with van der Waals surface area (Å²) in [5.41, 5.74) is 0.720. The fourth-order valence-corrected chi connectivity index (χ4v) is 1.79. The second-order valence-electron chi connectivity index (χ2n) is 4.80. The Balaban J connectivity index is 2.48. The lowest BCUT2D eigenvalue weighted by molar-refractivity contribution is -0.0423. The van der Waals surface area contributed by atoms with Gasteiger partial charge in [0, 0.05) is 12.7 Å². The van der Waals surface area contributed by atoms with Gasteiger partial charge in [-0.15, -0.1) is 0 Å². The minimum absolute atomic E-state index is 0.0314. The standard InChI is InChI=1S/C15H22O6/c1-10(7-19-3)20-8-12(16)9-21-14-6-4-5-13(11(14)2)15(17)18/h4-6,10,12,16H,7-9H2,1-3H3,(H,17,18). The Morgan fingerprint density at radius 2 is 2.00 bits per heavy atom. The lowest BCUT2D eigenvalue weighted by Gasteiger charge is -2.17. The number of carbonyl (C=O) groups is 1. The van der Waals surface area contributed by atoms with Crippen molar-refractivity contribution in [1.29, 1.82) is 0 Å². The molecule has 0 aliphatic rings. The number of rotatable bonds is 9. The molecule has 0 aromatic heterocycles. The third-order valence-electron chi connectivity index (χ3n) is 2.92. The second kappa shape index (κ2) is 8.61. The van der Waals surface area contributed by atoms with Crippen LogP contribution in [-0.2, 0) is 9.47 Å². The topological polar surface area (TPSA) is 85.2 Å². The van der Waals surface area contributed by atoms with E-state index in [0.29, 0.717) is 17.9 Å². The van der Waals surface area contributed by atoms with Crippen LogP contribution in [0, 0.1) is 6.92 Å². The highest BCUT2D eigenvalue weighted by Gasteiger charge is 2.13. The van der Waals surface area contributed by atoms with Gasteiger partial charge in [-0.3, -0.25) is 0 Å². The van der Waals surface area contributed by atoms with Crippen molar-refractivity contribution in [1.82, 2.24) is 0 Å². The van der Waals surface area contributed by atoms with E-state index in [9.17, 15) is 9.90 Å². The quantitative estimate of drug-likeness (QED) is 0.718. The second-order valence-corrected chi connectivity index (χ2v) is 4.80. The molecule has 0 fully saturated rings. The average Bonchev–Trinajstić information content (AvgIpc) is 2.44. The van der Waals surface area contributed by atoms with Crippen LogP contribution in [0.25, 0.3) is 0 Å². The van der Waals surface area contributed by atoms with Crippen LogP contribution in [0.1, 0.15) is 22.8 Å². The molecule has 0 spiro atoms. The van der Waals surface area contributed by atoms with Gasteiger partial charge in [-0.2, -0.15) is 0 Å². The SMILES string of the molecule is COCC(C)OCC(O)COc1cccc(C(=O)O)c1C. The maximum atomic E-state index is 11.0. The molecular weight excluding hydrogens is 276 g/mol. The van der Waals surface area contributed by atoms with E-state index in [4.69, 9.17) is 19.3 Å². The number of aliphatic hydroxyl groups is 1. The van der Waals surface area contributed by atoms with Crippen molar-refractivity contribution in [3.8, 4) is 5.75 Å². The summed E-state index contributed by atoms with van der Waals surface area (Å²) >= 11 is 0. The Labute approximate surface area is 124 Å². The van der Waals surface area contributed by atoms with E-state index in [1.54, 1.807) is 26.2 Å². The van der Waals surface area contributed by atoms with Gasteiger partial charge in [-0.05, 0) is 26.0 Å². The van der Waals surface area contributed by atoms with Crippen LogP contribution in [0.3, 0.4) is 0 Å². The first-order chi connectivity index (χ1) is 9.95.